The van der Waals surface area contributed by atoms with Crippen molar-refractivity contribution >= 4 is 11.4 Å². The number of hydrogen-bond donors (Lipinski definition) is 1. The normalized spacial score (nSPS) is 10.4. The Bertz CT molecular complexity index is 517. The lowest BCUT2D eigenvalue weighted by atomic mass is 10.0. The van der Waals surface area contributed by atoms with Gasteiger partial charge >= 0.3 is 0 Å². The van der Waals surface area contributed by atoms with Gasteiger partial charge in [0.1, 0.15) is 0 Å². The number of para-hydroxylation sites is 2. The molecule has 0 spiro atoms. The predicted molar refractivity (Wildman–Crippen MR) is 84.1 cm³/mol. The molecule has 0 aliphatic rings. The van der Waals surface area contributed by atoms with Gasteiger partial charge in [-0.1, -0.05) is 56.2 Å². The summed E-state index contributed by atoms with van der Waals surface area (Å²) in [4.78, 5) is 0. The molecular formula is C18H23N. The monoisotopic (exact) mass is 253 g/mol. The van der Waals surface area contributed by atoms with Crippen molar-refractivity contribution in [3.63, 3.8) is 0 Å². The van der Waals surface area contributed by atoms with Gasteiger partial charge in [-0.15, -0.1) is 0 Å². The maximum absolute atomic E-state index is 3.57. The Hall–Kier alpha value is -1.76. The molecule has 1 N–H and O–H groups in total. The van der Waals surface area contributed by atoms with E-state index in [-0.39, 0.29) is 0 Å². The molecule has 0 aromatic heterocycles. The van der Waals surface area contributed by atoms with E-state index in [0.717, 1.165) is 6.42 Å². The highest BCUT2D eigenvalue weighted by Gasteiger charge is 2.03. The molecule has 2 aromatic carbocycles. The topological polar surface area (TPSA) is 12.0 Å². The second-order valence-electron chi connectivity index (χ2n) is 5.05. The third-order valence-corrected chi connectivity index (χ3v) is 3.48. The van der Waals surface area contributed by atoms with Gasteiger partial charge in [0.25, 0.3) is 0 Å². The van der Waals surface area contributed by atoms with Gasteiger partial charge < -0.3 is 5.32 Å². The summed E-state index contributed by atoms with van der Waals surface area (Å²) in [6, 6.07) is 17.1. The van der Waals surface area contributed by atoms with E-state index in [1.807, 2.05) is 0 Å². The molecule has 0 unspecified atom stereocenters. The van der Waals surface area contributed by atoms with Crippen molar-refractivity contribution in [2.45, 2.75) is 39.5 Å². The molecule has 2 rings (SSSR count). The van der Waals surface area contributed by atoms with E-state index >= 15 is 0 Å². The Morgan fingerprint density at radius 1 is 0.842 bits per heavy atom. The summed E-state index contributed by atoms with van der Waals surface area (Å²) in [5, 5.41) is 3.57. The molecule has 0 saturated heterocycles. The van der Waals surface area contributed by atoms with Gasteiger partial charge in [0, 0.05) is 11.4 Å². The fourth-order valence-electron chi connectivity index (χ4n) is 2.28. The highest BCUT2D eigenvalue weighted by molar-refractivity contribution is 5.65. The Balaban J connectivity index is 2.13. The summed E-state index contributed by atoms with van der Waals surface area (Å²) in [6.45, 7) is 4.39. The summed E-state index contributed by atoms with van der Waals surface area (Å²) in [5.74, 6) is 0. The molecule has 0 fully saturated rings. The Morgan fingerprint density at radius 3 is 2.26 bits per heavy atom. The van der Waals surface area contributed by atoms with Crippen LogP contribution in [0, 0.1) is 6.92 Å². The molecule has 1 heteroatoms. The first kappa shape index (κ1) is 13.7. The van der Waals surface area contributed by atoms with Crippen LogP contribution in [0.2, 0.25) is 0 Å². The lowest BCUT2D eigenvalue weighted by molar-refractivity contribution is 0.718. The van der Waals surface area contributed by atoms with Crippen molar-refractivity contribution in [1.82, 2.24) is 0 Å². The Morgan fingerprint density at radius 2 is 1.53 bits per heavy atom. The summed E-state index contributed by atoms with van der Waals surface area (Å²) < 4.78 is 0. The van der Waals surface area contributed by atoms with Crippen LogP contribution >= 0.6 is 0 Å². The number of aryl methyl sites for hydroxylation is 2. The van der Waals surface area contributed by atoms with Crippen LogP contribution in [0.15, 0.2) is 48.5 Å². The summed E-state index contributed by atoms with van der Waals surface area (Å²) in [6.07, 6.45) is 5.00. The average Bonchev–Trinajstić information content (AvgIpc) is 2.43. The van der Waals surface area contributed by atoms with Crippen molar-refractivity contribution in [3.8, 4) is 0 Å². The smallest absolute Gasteiger partial charge is 0.0416 e. The molecule has 1 nitrogen and oxygen atoms in total. The molecule has 19 heavy (non-hydrogen) atoms. The average molecular weight is 253 g/mol. The van der Waals surface area contributed by atoms with Crippen molar-refractivity contribution < 1.29 is 0 Å². The SMILES string of the molecule is CCCCCc1ccccc1Nc1ccccc1C. The zero-order valence-corrected chi connectivity index (χ0v) is 11.9. The Labute approximate surface area is 116 Å². The van der Waals surface area contributed by atoms with Crippen LogP contribution in [0.25, 0.3) is 0 Å². The van der Waals surface area contributed by atoms with Crippen molar-refractivity contribution in [1.29, 1.82) is 0 Å². The molecule has 0 aliphatic carbocycles. The van der Waals surface area contributed by atoms with Crippen LogP contribution in [0.1, 0.15) is 37.3 Å². The number of rotatable bonds is 6. The standard InChI is InChI=1S/C18H23N/c1-3-4-5-11-16-12-7-9-14-18(16)19-17-13-8-6-10-15(17)2/h6-10,12-14,19H,3-5,11H2,1-2H3. The second kappa shape index (κ2) is 6.98. The first-order valence-electron chi connectivity index (χ1n) is 7.22. The van der Waals surface area contributed by atoms with Crippen LogP contribution in [-0.2, 0) is 6.42 Å². The van der Waals surface area contributed by atoms with Crippen LogP contribution in [-0.4, -0.2) is 0 Å². The molecule has 0 heterocycles. The number of hydrogen-bond acceptors (Lipinski definition) is 1. The predicted octanol–water partition coefficient (Wildman–Crippen LogP) is 5.47. The van der Waals surface area contributed by atoms with Crippen LogP contribution in [0.3, 0.4) is 0 Å². The first-order chi connectivity index (χ1) is 9.31. The van der Waals surface area contributed by atoms with Gasteiger partial charge in [-0.05, 0) is 43.0 Å². The minimum absolute atomic E-state index is 1.16. The summed E-state index contributed by atoms with van der Waals surface area (Å²) in [7, 11) is 0. The highest BCUT2D eigenvalue weighted by atomic mass is 14.9. The van der Waals surface area contributed by atoms with E-state index in [1.54, 1.807) is 0 Å². The van der Waals surface area contributed by atoms with E-state index in [1.165, 1.54) is 41.8 Å². The molecule has 0 radical (unpaired) electrons. The van der Waals surface area contributed by atoms with E-state index in [9.17, 15) is 0 Å². The number of benzene rings is 2. The first-order valence-corrected chi connectivity index (χ1v) is 7.22. The van der Waals surface area contributed by atoms with Crippen LogP contribution in [0.5, 0.6) is 0 Å². The maximum atomic E-state index is 3.57. The highest BCUT2D eigenvalue weighted by Crippen LogP contribution is 2.24. The summed E-state index contributed by atoms with van der Waals surface area (Å²) in [5.41, 5.74) is 5.14. The van der Waals surface area contributed by atoms with Gasteiger partial charge in [-0.3, -0.25) is 0 Å². The van der Waals surface area contributed by atoms with Crippen LogP contribution < -0.4 is 5.32 Å². The largest absolute Gasteiger partial charge is 0.355 e. The van der Waals surface area contributed by atoms with Crippen molar-refractivity contribution in [2.75, 3.05) is 5.32 Å². The molecular weight excluding hydrogens is 230 g/mol. The Kier molecular flexibility index (Phi) is 5.02. The van der Waals surface area contributed by atoms with Crippen molar-refractivity contribution in [3.05, 3.63) is 59.7 Å². The van der Waals surface area contributed by atoms with E-state index in [0.29, 0.717) is 0 Å². The van der Waals surface area contributed by atoms with Gasteiger partial charge in [0.2, 0.25) is 0 Å². The fraction of sp³-hybridized carbons (Fsp3) is 0.333. The van der Waals surface area contributed by atoms with Gasteiger partial charge in [0.05, 0.1) is 0 Å². The molecule has 0 amide bonds. The molecule has 100 valence electrons. The minimum Gasteiger partial charge on any atom is -0.355 e. The molecule has 0 atom stereocenters. The zero-order chi connectivity index (χ0) is 13.5. The molecule has 0 bridgehead atoms. The minimum atomic E-state index is 1.16. The van der Waals surface area contributed by atoms with Gasteiger partial charge in [-0.25, -0.2) is 0 Å². The van der Waals surface area contributed by atoms with E-state index < -0.39 is 0 Å². The van der Waals surface area contributed by atoms with E-state index in [4.69, 9.17) is 0 Å². The van der Waals surface area contributed by atoms with Crippen molar-refractivity contribution in [2.24, 2.45) is 0 Å². The summed E-state index contributed by atoms with van der Waals surface area (Å²) >= 11 is 0. The molecule has 0 aliphatic heterocycles. The number of unbranched alkanes of at least 4 members (excludes halogenated alkanes) is 2. The van der Waals surface area contributed by atoms with E-state index in [2.05, 4.69) is 67.7 Å². The third-order valence-electron chi connectivity index (χ3n) is 3.48. The molecule has 0 saturated carbocycles. The lowest BCUT2D eigenvalue weighted by Crippen LogP contribution is -1.97. The number of anilines is 2. The maximum Gasteiger partial charge on any atom is 0.0416 e. The quantitative estimate of drug-likeness (QED) is 0.673. The third kappa shape index (κ3) is 3.85. The molecule has 2 aromatic rings. The van der Waals surface area contributed by atoms with Gasteiger partial charge in [0.15, 0.2) is 0 Å². The fourth-order valence-corrected chi connectivity index (χ4v) is 2.28. The van der Waals surface area contributed by atoms with Crippen LogP contribution in [0.4, 0.5) is 11.4 Å². The number of nitrogens with one attached hydrogen (secondary N) is 1. The lowest BCUT2D eigenvalue weighted by Gasteiger charge is -2.13. The second-order valence-corrected chi connectivity index (χ2v) is 5.05. The zero-order valence-electron chi connectivity index (χ0n) is 11.9. The van der Waals surface area contributed by atoms with Gasteiger partial charge in [-0.2, -0.15) is 0 Å².